The average molecular weight is 328 g/mol. The first-order valence-corrected chi connectivity index (χ1v) is 7.52. The molecule has 0 aliphatic carbocycles. The number of carbonyl (C=O) groups is 1. The van der Waals surface area contributed by atoms with E-state index in [0.717, 1.165) is 23.9 Å². The second kappa shape index (κ2) is 7.48. The van der Waals surface area contributed by atoms with E-state index in [4.69, 9.17) is 5.73 Å². The van der Waals surface area contributed by atoms with Crippen LogP contribution in [0, 0.1) is 5.92 Å². The van der Waals surface area contributed by atoms with Gasteiger partial charge in [-0.1, -0.05) is 26.7 Å². The number of amides is 1. The molecule has 2 N–H and O–H groups in total. The molecule has 1 aromatic heterocycles. The molecule has 0 bridgehead atoms. The maximum atomic E-state index is 12.5. The third-order valence-electron chi connectivity index (χ3n) is 3.42. The number of rotatable bonds is 6. The maximum absolute atomic E-state index is 12.5. The molecule has 0 aliphatic rings. The molecule has 106 valence electrons. The number of pyridine rings is 1. The summed E-state index contributed by atoms with van der Waals surface area (Å²) >= 11 is 3.33. The molecule has 0 atom stereocenters. The van der Waals surface area contributed by atoms with Gasteiger partial charge in [-0.2, -0.15) is 0 Å². The number of halogens is 1. The van der Waals surface area contributed by atoms with Crippen LogP contribution in [-0.2, 0) is 0 Å². The van der Waals surface area contributed by atoms with Crippen LogP contribution in [0.15, 0.2) is 16.7 Å². The van der Waals surface area contributed by atoms with Crippen molar-refractivity contribution in [2.24, 2.45) is 5.92 Å². The molecular formula is C14H22BrN3O. The summed E-state index contributed by atoms with van der Waals surface area (Å²) in [5.74, 6) is 0.780. The summed E-state index contributed by atoms with van der Waals surface area (Å²) in [7, 11) is 0. The number of hydrogen-bond donors (Lipinski definition) is 1. The number of hydrogen-bond acceptors (Lipinski definition) is 3. The van der Waals surface area contributed by atoms with Crippen molar-refractivity contribution in [2.45, 2.75) is 33.6 Å². The molecule has 0 saturated heterocycles. The summed E-state index contributed by atoms with van der Waals surface area (Å²) in [5, 5.41) is 0. The molecule has 0 aromatic carbocycles. The molecule has 1 aromatic rings. The lowest BCUT2D eigenvalue weighted by Crippen LogP contribution is -2.35. The second-order valence-electron chi connectivity index (χ2n) is 4.61. The van der Waals surface area contributed by atoms with Crippen molar-refractivity contribution in [3.05, 3.63) is 22.3 Å². The van der Waals surface area contributed by atoms with Crippen molar-refractivity contribution in [3.8, 4) is 0 Å². The molecule has 0 radical (unpaired) electrons. The van der Waals surface area contributed by atoms with Crippen molar-refractivity contribution >= 4 is 27.7 Å². The van der Waals surface area contributed by atoms with Crippen molar-refractivity contribution in [1.82, 2.24) is 9.88 Å². The first-order valence-electron chi connectivity index (χ1n) is 6.73. The van der Waals surface area contributed by atoms with Crippen LogP contribution >= 0.6 is 15.9 Å². The standard InChI is InChI=1S/C14H22BrN3O/c1-4-10(5-2)9-18(6-3)14(19)12-7-11(15)8-17-13(12)16/h7-8,10H,4-6,9H2,1-3H3,(H2,16,17). The molecule has 1 rings (SSSR count). The minimum absolute atomic E-state index is 0.0410. The number of nitrogens with zero attached hydrogens (tertiary/aromatic N) is 2. The van der Waals surface area contributed by atoms with Crippen molar-refractivity contribution in [2.75, 3.05) is 18.8 Å². The van der Waals surface area contributed by atoms with Crippen LogP contribution in [0.4, 0.5) is 5.82 Å². The van der Waals surface area contributed by atoms with Gasteiger partial charge in [0.05, 0.1) is 5.56 Å². The molecule has 1 heterocycles. The van der Waals surface area contributed by atoms with Gasteiger partial charge in [0, 0.05) is 23.8 Å². The zero-order valence-electron chi connectivity index (χ0n) is 11.8. The van der Waals surface area contributed by atoms with Crippen molar-refractivity contribution in [1.29, 1.82) is 0 Å². The highest BCUT2D eigenvalue weighted by Gasteiger charge is 2.20. The van der Waals surface area contributed by atoms with E-state index in [1.807, 2.05) is 11.8 Å². The van der Waals surface area contributed by atoms with Crippen molar-refractivity contribution < 1.29 is 4.79 Å². The SMILES string of the molecule is CCC(CC)CN(CC)C(=O)c1cc(Br)cnc1N. The quantitative estimate of drug-likeness (QED) is 0.871. The summed E-state index contributed by atoms with van der Waals surface area (Å²) in [4.78, 5) is 18.4. The monoisotopic (exact) mass is 327 g/mol. The largest absolute Gasteiger partial charge is 0.383 e. The predicted molar refractivity (Wildman–Crippen MR) is 82.0 cm³/mol. The zero-order valence-corrected chi connectivity index (χ0v) is 13.4. The highest BCUT2D eigenvalue weighted by atomic mass is 79.9. The van der Waals surface area contributed by atoms with Gasteiger partial charge in [-0.05, 0) is 34.8 Å². The van der Waals surface area contributed by atoms with Crippen LogP contribution in [0.1, 0.15) is 44.0 Å². The number of carbonyl (C=O) groups excluding carboxylic acids is 1. The highest BCUT2D eigenvalue weighted by Crippen LogP contribution is 2.19. The van der Waals surface area contributed by atoms with E-state index < -0.39 is 0 Å². The summed E-state index contributed by atoms with van der Waals surface area (Å²) < 4.78 is 0.767. The van der Waals surface area contributed by atoms with Crippen LogP contribution in [0.5, 0.6) is 0 Å². The molecule has 5 heteroatoms. The van der Waals surface area contributed by atoms with E-state index in [-0.39, 0.29) is 11.7 Å². The van der Waals surface area contributed by atoms with Gasteiger partial charge in [0.1, 0.15) is 5.82 Å². The van der Waals surface area contributed by atoms with E-state index >= 15 is 0 Å². The predicted octanol–water partition coefficient (Wildman–Crippen LogP) is 3.32. The third kappa shape index (κ3) is 4.20. The Balaban J connectivity index is 2.92. The van der Waals surface area contributed by atoms with Gasteiger partial charge in [-0.25, -0.2) is 4.98 Å². The average Bonchev–Trinajstić information content (AvgIpc) is 2.42. The van der Waals surface area contributed by atoms with Crippen LogP contribution < -0.4 is 5.73 Å². The highest BCUT2D eigenvalue weighted by molar-refractivity contribution is 9.10. The van der Waals surface area contributed by atoms with Gasteiger partial charge in [0.2, 0.25) is 0 Å². The molecule has 0 spiro atoms. The normalized spacial score (nSPS) is 10.8. The summed E-state index contributed by atoms with van der Waals surface area (Å²) in [6, 6.07) is 1.74. The van der Waals surface area contributed by atoms with Gasteiger partial charge in [0.15, 0.2) is 0 Å². The Morgan fingerprint density at radius 3 is 2.58 bits per heavy atom. The fourth-order valence-electron chi connectivity index (χ4n) is 2.01. The Hall–Kier alpha value is -1.10. The van der Waals surface area contributed by atoms with Crippen molar-refractivity contribution in [3.63, 3.8) is 0 Å². The van der Waals surface area contributed by atoms with E-state index in [0.29, 0.717) is 18.0 Å². The number of aromatic nitrogens is 1. The molecular weight excluding hydrogens is 306 g/mol. The van der Waals surface area contributed by atoms with Gasteiger partial charge in [0.25, 0.3) is 5.91 Å². The number of nitrogen functional groups attached to an aromatic ring is 1. The zero-order chi connectivity index (χ0) is 14.4. The van der Waals surface area contributed by atoms with Crippen LogP contribution in [0.2, 0.25) is 0 Å². The fourth-order valence-corrected chi connectivity index (χ4v) is 2.34. The summed E-state index contributed by atoms with van der Waals surface area (Å²) in [5.41, 5.74) is 6.27. The summed E-state index contributed by atoms with van der Waals surface area (Å²) in [6.45, 7) is 7.75. The van der Waals surface area contributed by atoms with Crippen LogP contribution in [0.25, 0.3) is 0 Å². The Kier molecular flexibility index (Phi) is 6.28. The lowest BCUT2D eigenvalue weighted by molar-refractivity contribution is 0.0735. The second-order valence-corrected chi connectivity index (χ2v) is 5.53. The van der Waals surface area contributed by atoms with E-state index in [1.165, 1.54) is 0 Å². The number of nitrogens with two attached hydrogens (primary N) is 1. The van der Waals surface area contributed by atoms with Crippen LogP contribution in [0.3, 0.4) is 0 Å². The molecule has 0 aliphatic heterocycles. The van der Waals surface area contributed by atoms with Gasteiger partial charge in [-0.3, -0.25) is 4.79 Å². The lowest BCUT2D eigenvalue weighted by atomic mass is 10.0. The molecule has 0 unspecified atom stereocenters. The van der Waals surface area contributed by atoms with Gasteiger partial charge in [-0.15, -0.1) is 0 Å². The number of anilines is 1. The van der Waals surface area contributed by atoms with Gasteiger partial charge < -0.3 is 10.6 Å². The Morgan fingerprint density at radius 2 is 2.05 bits per heavy atom. The molecule has 19 heavy (non-hydrogen) atoms. The summed E-state index contributed by atoms with van der Waals surface area (Å²) in [6.07, 6.45) is 3.75. The maximum Gasteiger partial charge on any atom is 0.257 e. The molecule has 0 fully saturated rings. The lowest BCUT2D eigenvalue weighted by Gasteiger charge is -2.25. The third-order valence-corrected chi connectivity index (χ3v) is 3.85. The molecule has 4 nitrogen and oxygen atoms in total. The molecule has 1 amide bonds. The Morgan fingerprint density at radius 1 is 1.42 bits per heavy atom. The van der Waals surface area contributed by atoms with Gasteiger partial charge >= 0.3 is 0 Å². The minimum Gasteiger partial charge on any atom is -0.383 e. The first kappa shape index (κ1) is 16.0. The Labute approximate surface area is 123 Å². The topological polar surface area (TPSA) is 59.2 Å². The van der Waals surface area contributed by atoms with E-state index in [1.54, 1.807) is 12.3 Å². The van der Waals surface area contributed by atoms with E-state index in [2.05, 4.69) is 34.8 Å². The first-order chi connectivity index (χ1) is 9.03. The van der Waals surface area contributed by atoms with Crippen LogP contribution in [-0.4, -0.2) is 28.9 Å². The smallest absolute Gasteiger partial charge is 0.257 e. The fraction of sp³-hybridized carbons (Fsp3) is 0.571. The van der Waals surface area contributed by atoms with E-state index in [9.17, 15) is 4.79 Å². The minimum atomic E-state index is -0.0410. The molecule has 0 saturated carbocycles. The Bertz CT molecular complexity index is 433.